The Kier molecular flexibility index (Phi) is 5.54. The van der Waals surface area contributed by atoms with Crippen molar-refractivity contribution in [3.05, 3.63) is 78.3 Å². The number of amides is 1. The van der Waals surface area contributed by atoms with Crippen LogP contribution in [0.3, 0.4) is 0 Å². The van der Waals surface area contributed by atoms with Crippen LogP contribution in [-0.4, -0.2) is 23.9 Å². The van der Waals surface area contributed by atoms with Crippen molar-refractivity contribution in [2.45, 2.75) is 26.4 Å². The van der Waals surface area contributed by atoms with Crippen molar-refractivity contribution >= 4 is 11.6 Å². The molecule has 0 radical (unpaired) electrons. The molecule has 0 unspecified atom stereocenters. The van der Waals surface area contributed by atoms with Gasteiger partial charge in [-0.2, -0.15) is 0 Å². The number of likely N-dealkylation sites (N-methyl/N-ethyl adjacent to an activating group) is 1. The first kappa shape index (κ1) is 18.0. The van der Waals surface area contributed by atoms with E-state index >= 15 is 0 Å². The highest BCUT2D eigenvalue weighted by Crippen LogP contribution is 2.27. The normalized spacial score (nSPS) is 12.2. The van der Waals surface area contributed by atoms with E-state index in [1.165, 1.54) is 0 Å². The lowest BCUT2D eigenvalue weighted by atomic mass is 10.0. The molecule has 134 valence electrons. The first-order valence-corrected chi connectivity index (χ1v) is 8.75. The SMILES string of the molecule is Cc1ccc(CN(C)[C@@H](C)C(=O)Nc2ccccc2-c2ccccc2)o1. The van der Waals surface area contributed by atoms with E-state index in [1.807, 2.05) is 92.5 Å². The Morgan fingerprint density at radius 2 is 1.73 bits per heavy atom. The van der Waals surface area contributed by atoms with Crippen molar-refractivity contribution in [3.8, 4) is 11.1 Å². The van der Waals surface area contributed by atoms with E-state index in [2.05, 4.69) is 5.32 Å². The Morgan fingerprint density at radius 3 is 2.42 bits per heavy atom. The van der Waals surface area contributed by atoms with Gasteiger partial charge in [0.25, 0.3) is 0 Å². The molecule has 4 nitrogen and oxygen atoms in total. The number of hydrogen-bond donors (Lipinski definition) is 1. The summed E-state index contributed by atoms with van der Waals surface area (Å²) in [6.07, 6.45) is 0. The Bertz CT molecular complexity index is 871. The number of furan rings is 1. The Hall–Kier alpha value is -2.85. The van der Waals surface area contributed by atoms with Crippen LogP contribution in [0.25, 0.3) is 11.1 Å². The number of carbonyl (C=O) groups excluding carboxylic acids is 1. The van der Waals surface area contributed by atoms with Gasteiger partial charge >= 0.3 is 0 Å². The standard InChI is InChI=1S/C22H24N2O2/c1-16-13-14-19(26-16)15-24(3)17(2)22(25)23-21-12-8-7-11-20(21)18-9-5-4-6-10-18/h4-14,17H,15H2,1-3H3,(H,23,25)/t17-/m0/s1. The van der Waals surface area contributed by atoms with Crippen molar-refractivity contribution in [3.63, 3.8) is 0 Å². The van der Waals surface area contributed by atoms with Gasteiger partial charge < -0.3 is 9.73 Å². The van der Waals surface area contributed by atoms with Gasteiger partial charge in [0, 0.05) is 11.3 Å². The molecular formula is C22H24N2O2. The van der Waals surface area contributed by atoms with Crippen LogP contribution in [0.15, 0.2) is 71.1 Å². The topological polar surface area (TPSA) is 45.5 Å². The summed E-state index contributed by atoms with van der Waals surface area (Å²) in [6, 6.07) is 21.5. The molecule has 0 aliphatic heterocycles. The maximum absolute atomic E-state index is 12.7. The van der Waals surface area contributed by atoms with Gasteiger partial charge in [-0.05, 0) is 44.7 Å². The molecule has 0 aliphatic carbocycles. The minimum absolute atomic E-state index is 0.0424. The summed E-state index contributed by atoms with van der Waals surface area (Å²) >= 11 is 0. The predicted octanol–water partition coefficient (Wildman–Crippen LogP) is 4.71. The first-order valence-electron chi connectivity index (χ1n) is 8.75. The highest BCUT2D eigenvalue weighted by molar-refractivity contribution is 5.98. The summed E-state index contributed by atoms with van der Waals surface area (Å²) < 4.78 is 5.61. The molecule has 1 N–H and O–H groups in total. The molecule has 0 fully saturated rings. The molecule has 4 heteroatoms. The third-order valence-electron chi connectivity index (χ3n) is 4.51. The van der Waals surface area contributed by atoms with Crippen molar-refractivity contribution in [2.24, 2.45) is 0 Å². The number of carbonyl (C=O) groups is 1. The minimum Gasteiger partial charge on any atom is -0.465 e. The molecule has 2 aromatic carbocycles. The van der Waals surface area contributed by atoms with Crippen LogP contribution >= 0.6 is 0 Å². The quantitative estimate of drug-likeness (QED) is 0.701. The van der Waals surface area contributed by atoms with Crippen LogP contribution < -0.4 is 5.32 Å². The second-order valence-electron chi connectivity index (χ2n) is 6.50. The van der Waals surface area contributed by atoms with Gasteiger partial charge in [0.2, 0.25) is 5.91 Å². The molecule has 1 aromatic heterocycles. The van der Waals surface area contributed by atoms with Crippen LogP contribution in [0.4, 0.5) is 5.69 Å². The molecule has 0 spiro atoms. The number of rotatable bonds is 6. The van der Waals surface area contributed by atoms with Crippen LogP contribution in [0.2, 0.25) is 0 Å². The summed E-state index contributed by atoms with van der Waals surface area (Å²) in [5.74, 6) is 1.69. The van der Waals surface area contributed by atoms with Gasteiger partial charge in [-0.25, -0.2) is 0 Å². The van der Waals surface area contributed by atoms with E-state index in [-0.39, 0.29) is 11.9 Å². The highest BCUT2D eigenvalue weighted by Gasteiger charge is 2.20. The van der Waals surface area contributed by atoms with Gasteiger partial charge in [0.15, 0.2) is 0 Å². The van der Waals surface area contributed by atoms with Crippen LogP contribution in [0, 0.1) is 6.92 Å². The molecule has 0 aliphatic rings. The molecule has 0 saturated heterocycles. The van der Waals surface area contributed by atoms with Gasteiger partial charge in [-0.3, -0.25) is 9.69 Å². The largest absolute Gasteiger partial charge is 0.465 e. The van der Waals surface area contributed by atoms with Crippen LogP contribution in [0.5, 0.6) is 0 Å². The van der Waals surface area contributed by atoms with Crippen molar-refractivity contribution in [1.82, 2.24) is 4.90 Å². The van der Waals surface area contributed by atoms with Gasteiger partial charge in [-0.15, -0.1) is 0 Å². The highest BCUT2D eigenvalue weighted by atomic mass is 16.3. The van der Waals surface area contributed by atoms with E-state index in [4.69, 9.17) is 4.42 Å². The van der Waals surface area contributed by atoms with E-state index in [1.54, 1.807) is 0 Å². The fraction of sp³-hybridized carbons (Fsp3) is 0.227. The number of para-hydroxylation sites is 1. The van der Waals surface area contributed by atoms with Crippen molar-refractivity contribution in [1.29, 1.82) is 0 Å². The third kappa shape index (κ3) is 4.21. The Balaban J connectivity index is 1.71. The molecule has 0 saturated carbocycles. The van der Waals surface area contributed by atoms with Crippen LogP contribution in [-0.2, 0) is 11.3 Å². The van der Waals surface area contributed by atoms with Crippen molar-refractivity contribution < 1.29 is 9.21 Å². The zero-order chi connectivity index (χ0) is 18.5. The fourth-order valence-electron chi connectivity index (χ4n) is 2.85. The lowest BCUT2D eigenvalue weighted by Crippen LogP contribution is -2.39. The number of benzene rings is 2. The Labute approximate surface area is 154 Å². The molecule has 0 bridgehead atoms. The third-order valence-corrected chi connectivity index (χ3v) is 4.51. The lowest BCUT2D eigenvalue weighted by molar-refractivity contribution is -0.120. The molecule has 1 amide bonds. The predicted molar refractivity (Wildman–Crippen MR) is 105 cm³/mol. The first-order chi connectivity index (χ1) is 12.5. The Morgan fingerprint density at radius 1 is 1.04 bits per heavy atom. The molecule has 26 heavy (non-hydrogen) atoms. The lowest BCUT2D eigenvalue weighted by Gasteiger charge is -2.23. The number of aryl methyl sites for hydroxylation is 1. The van der Waals surface area contributed by atoms with E-state index in [0.717, 1.165) is 28.3 Å². The summed E-state index contributed by atoms with van der Waals surface area (Å²) in [5, 5.41) is 3.07. The summed E-state index contributed by atoms with van der Waals surface area (Å²) in [4.78, 5) is 14.7. The minimum atomic E-state index is -0.288. The average Bonchev–Trinajstić information content (AvgIpc) is 3.07. The smallest absolute Gasteiger partial charge is 0.241 e. The van der Waals surface area contributed by atoms with E-state index < -0.39 is 0 Å². The molecule has 3 aromatic rings. The summed E-state index contributed by atoms with van der Waals surface area (Å²) in [6.45, 7) is 4.40. The zero-order valence-electron chi connectivity index (χ0n) is 15.4. The molecule has 1 heterocycles. The van der Waals surface area contributed by atoms with Gasteiger partial charge in [0.1, 0.15) is 11.5 Å². The maximum atomic E-state index is 12.7. The number of nitrogens with one attached hydrogen (secondary N) is 1. The summed E-state index contributed by atoms with van der Waals surface area (Å²) in [5.41, 5.74) is 2.91. The average molecular weight is 348 g/mol. The number of nitrogens with zero attached hydrogens (tertiary/aromatic N) is 1. The molecule has 3 rings (SSSR count). The van der Waals surface area contributed by atoms with Gasteiger partial charge in [0.05, 0.1) is 12.6 Å². The molecule has 1 atom stereocenters. The fourth-order valence-corrected chi connectivity index (χ4v) is 2.85. The monoisotopic (exact) mass is 348 g/mol. The molecular weight excluding hydrogens is 324 g/mol. The maximum Gasteiger partial charge on any atom is 0.241 e. The zero-order valence-corrected chi connectivity index (χ0v) is 15.4. The number of anilines is 1. The van der Waals surface area contributed by atoms with Crippen LogP contribution in [0.1, 0.15) is 18.4 Å². The van der Waals surface area contributed by atoms with Gasteiger partial charge in [-0.1, -0.05) is 48.5 Å². The second-order valence-corrected chi connectivity index (χ2v) is 6.50. The van der Waals surface area contributed by atoms with E-state index in [9.17, 15) is 4.79 Å². The number of hydrogen-bond acceptors (Lipinski definition) is 3. The second kappa shape index (κ2) is 8.02. The summed E-state index contributed by atoms with van der Waals surface area (Å²) in [7, 11) is 1.92. The van der Waals surface area contributed by atoms with E-state index in [0.29, 0.717) is 6.54 Å². The van der Waals surface area contributed by atoms with Crippen molar-refractivity contribution in [2.75, 3.05) is 12.4 Å².